The minimum atomic E-state index is 0.125. The van der Waals surface area contributed by atoms with Crippen molar-refractivity contribution in [2.75, 3.05) is 13.1 Å². The first kappa shape index (κ1) is 14.1. The minimum absolute atomic E-state index is 0.125. The van der Waals surface area contributed by atoms with Crippen molar-refractivity contribution in [1.29, 1.82) is 0 Å². The van der Waals surface area contributed by atoms with Crippen LogP contribution in [0.1, 0.15) is 19.3 Å². The van der Waals surface area contributed by atoms with Gasteiger partial charge in [0, 0.05) is 13.1 Å². The molecular formula is C17H20NS2+. The summed E-state index contributed by atoms with van der Waals surface area (Å²) in [5.74, 6) is 0. The number of piperidine rings is 1. The largest absolute Gasteiger partial charge is 0.191 e. The molecule has 1 aliphatic heterocycles. The first-order valence-corrected chi connectivity index (χ1v) is 9.73. The van der Waals surface area contributed by atoms with Gasteiger partial charge in [0.05, 0.1) is 4.90 Å². The van der Waals surface area contributed by atoms with Crippen LogP contribution in [0.4, 0.5) is 0 Å². The highest BCUT2D eigenvalue weighted by Crippen LogP contribution is 2.36. The molecule has 1 heterocycles. The van der Waals surface area contributed by atoms with Crippen LogP contribution < -0.4 is 0 Å². The Hall–Kier alpha value is -0.900. The third kappa shape index (κ3) is 3.60. The molecule has 0 saturated carbocycles. The second kappa shape index (κ2) is 7.21. The lowest BCUT2D eigenvalue weighted by Gasteiger charge is -2.23. The van der Waals surface area contributed by atoms with Gasteiger partial charge >= 0.3 is 0 Å². The average Bonchev–Trinajstić information content (AvgIpc) is 2.55. The third-order valence-corrected chi connectivity index (χ3v) is 7.81. The van der Waals surface area contributed by atoms with Gasteiger partial charge in [0.2, 0.25) is 0 Å². The Morgan fingerprint density at radius 1 is 0.750 bits per heavy atom. The van der Waals surface area contributed by atoms with E-state index in [1.165, 1.54) is 42.1 Å². The zero-order valence-electron chi connectivity index (χ0n) is 11.6. The van der Waals surface area contributed by atoms with E-state index in [2.05, 4.69) is 65.0 Å². The monoisotopic (exact) mass is 302 g/mol. The third-order valence-electron chi connectivity index (χ3n) is 3.41. The van der Waals surface area contributed by atoms with Crippen LogP contribution in [0.25, 0.3) is 0 Å². The zero-order chi connectivity index (χ0) is 13.6. The van der Waals surface area contributed by atoms with Gasteiger partial charge in [-0.05, 0) is 37.1 Å². The lowest BCUT2D eigenvalue weighted by molar-refractivity contribution is 0.377. The number of rotatable bonds is 4. The molecule has 20 heavy (non-hydrogen) atoms. The van der Waals surface area contributed by atoms with Gasteiger partial charge in [-0.15, -0.1) is 4.31 Å². The second-order valence-electron chi connectivity index (χ2n) is 4.95. The van der Waals surface area contributed by atoms with Crippen molar-refractivity contribution in [2.45, 2.75) is 29.1 Å². The summed E-state index contributed by atoms with van der Waals surface area (Å²) < 4.78 is 2.66. The van der Waals surface area contributed by atoms with E-state index in [4.69, 9.17) is 0 Å². The van der Waals surface area contributed by atoms with Gasteiger partial charge < -0.3 is 0 Å². The van der Waals surface area contributed by atoms with E-state index in [0.717, 1.165) is 0 Å². The topological polar surface area (TPSA) is 3.24 Å². The summed E-state index contributed by atoms with van der Waals surface area (Å²) in [6.07, 6.45) is 4.07. The maximum atomic E-state index is 2.66. The van der Waals surface area contributed by atoms with E-state index in [1.54, 1.807) is 0 Å². The Morgan fingerprint density at radius 2 is 1.35 bits per heavy atom. The lowest BCUT2D eigenvalue weighted by Crippen LogP contribution is -2.33. The molecule has 3 rings (SSSR count). The molecule has 1 unspecified atom stereocenters. The van der Waals surface area contributed by atoms with Crippen molar-refractivity contribution in [3.8, 4) is 0 Å². The maximum absolute atomic E-state index is 2.66. The van der Waals surface area contributed by atoms with Crippen LogP contribution in [0.5, 0.6) is 0 Å². The van der Waals surface area contributed by atoms with E-state index in [-0.39, 0.29) is 10.1 Å². The molecule has 3 heteroatoms. The zero-order valence-corrected chi connectivity index (χ0v) is 13.2. The van der Waals surface area contributed by atoms with Crippen molar-refractivity contribution >= 4 is 20.9 Å². The first-order valence-electron chi connectivity index (χ1n) is 7.21. The second-order valence-corrected chi connectivity index (χ2v) is 8.52. The molecule has 2 aromatic rings. The fourth-order valence-corrected chi connectivity index (χ4v) is 6.58. The van der Waals surface area contributed by atoms with Crippen LogP contribution in [-0.2, 0) is 10.1 Å². The van der Waals surface area contributed by atoms with Crippen molar-refractivity contribution < 1.29 is 0 Å². The van der Waals surface area contributed by atoms with Crippen LogP contribution >= 0.6 is 10.8 Å². The van der Waals surface area contributed by atoms with Crippen molar-refractivity contribution in [3.63, 3.8) is 0 Å². The van der Waals surface area contributed by atoms with Crippen LogP contribution in [0.15, 0.2) is 70.5 Å². The van der Waals surface area contributed by atoms with Crippen LogP contribution in [0.2, 0.25) is 0 Å². The van der Waals surface area contributed by atoms with E-state index in [9.17, 15) is 0 Å². The van der Waals surface area contributed by atoms with Gasteiger partial charge in [0.1, 0.15) is 0 Å². The maximum Gasteiger partial charge on any atom is 0.191 e. The Labute approximate surface area is 128 Å². The highest BCUT2D eigenvalue weighted by Gasteiger charge is 2.34. The fourth-order valence-electron chi connectivity index (χ4n) is 2.38. The smallest absolute Gasteiger partial charge is 0.109 e. The molecule has 0 radical (unpaired) electrons. The molecule has 1 aliphatic rings. The van der Waals surface area contributed by atoms with Crippen molar-refractivity contribution in [1.82, 2.24) is 4.31 Å². The molecule has 1 fully saturated rings. The van der Waals surface area contributed by atoms with Crippen molar-refractivity contribution in [3.05, 3.63) is 60.7 Å². The van der Waals surface area contributed by atoms with Gasteiger partial charge in [0.15, 0.2) is 25.8 Å². The SMILES string of the molecule is c1ccc(S[S+](c2ccccc2)N2CCCCC2)cc1. The predicted molar refractivity (Wildman–Crippen MR) is 89.8 cm³/mol. The summed E-state index contributed by atoms with van der Waals surface area (Å²) in [6.45, 7) is 2.47. The van der Waals surface area contributed by atoms with Crippen LogP contribution in [-0.4, -0.2) is 17.4 Å². The fraction of sp³-hybridized carbons (Fsp3) is 0.294. The summed E-state index contributed by atoms with van der Waals surface area (Å²) in [4.78, 5) is 2.81. The van der Waals surface area contributed by atoms with E-state index in [0.29, 0.717) is 0 Å². The molecule has 0 bridgehead atoms. The average molecular weight is 302 g/mol. The van der Waals surface area contributed by atoms with E-state index >= 15 is 0 Å². The Kier molecular flexibility index (Phi) is 5.06. The van der Waals surface area contributed by atoms with Crippen molar-refractivity contribution in [2.24, 2.45) is 0 Å². The molecule has 0 amide bonds. The van der Waals surface area contributed by atoms with Gasteiger partial charge in [-0.3, -0.25) is 0 Å². The van der Waals surface area contributed by atoms with Gasteiger partial charge in [-0.25, -0.2) is 0 Å². The van der Waals surface area contributed by atoms with E-state index < -0.39 is 0 Å². The Bertz CT molecular complexity index is 509. The van der Waals surface area contributed by atoms with Crippen LogP contribution in [0.3, 0.4) is 0 Å². The summed E-state index contributed by atoms with van der Waals surface area (Å²) in [6, 6.07) is 21.8. The molecule has 2 aromatic carbocycles. The first-order chi connectivity index (χ1) is 9.93. The molecule has 0 N–H and O–H groups in total. The lowest BCUT2D eigenvalue weighted by atomic mass is 10.2. The highest BCUT2D eigenvalue weighted by molar-refractivity contribution is 8.73. The van der Waals surface area contributed by atoms with Crippen LogP contribution in [0, 0.1) is 0 Å². The molecule has 0 aliphatic carbocycles. The Balaban J connectivity index is 1.83. The summed E-state index contributed by atoms with van der Waals surface area (Å²) in [5, 5.41) is 0. The number of benzene rings is 2. The highest BCUT2D eigenvalue weighted by atomic mass is 33.1. The van der Waals surface area contributed by atoms with Gasteiger partial charge in [-0.2, -0.15) is 0 Å². The molecule has 104 valence electrons. The molecule has 1 saturated heterocycles. The summed E-state index contributed by atoms with van der Waals surface area (Å²) >= 11 is 0. The summed E-state index contributed by atoms with van der Waals surface area (Å²) in [5.41, 5.74) is 0. The molecule has 1 nitrogen and oxygen atoms in total. The quantitative estimate of drug-likeness (QED) is 0.591. The van der Waals surface area contributed by atoms with E-state index in [1.807, 2.05) is 10.8 Å². The van der Waals surface area contributed by atoms with Gasteiger partial charge in [0.25, 0.3) is 0 Å². The minimum Gasteiger partial charge on any atom is -0.109 e. The van der Waals surface area contributed by atoms with Gasteiger partial charge in [-0.1, -0.05) is 42.8 Å². The normalized spacial score (nSPS) is 17.8. The summed E-state index contributed by atoms with van der Waals surface area (Å²) in [7, 11) is 2.13. The number of hydrogen-bond donors (Lipinski definition) is 0. The standard InChI is InChI=1S/C17H20NS2/c1-4-10-16(11-5-1)19-20(17-12-6-2-7-13-17)18-14-8-3-9-15-18/h1-2,4-7,10-13H,3,8-9,14-15H2/q+1. The number of nitrogens with zero attached hydrogens (tertiary/aromatic N) is 1. The molecule has 0 spiro atoms. The molecular weight excluding hydrogens is 282 g/mol. The Morgan fingerprint density at radius 3 is 2.00 bits per heavy atom. The molecule has 0 aromatic heterocycles. The predicted octanol–water partition coefficient (Wildman–Crippen LogP) is 4.77. The molecule has 1 atom stereocenters. The number of hydrogen-bond acceptors (Lipinski definition) is 2.